The predicted octanol–water partition coefficient (Wildman–Crippen LogP) is 3.58. The number of nitrogens with one attached hydrogen (secondary N) is 1. The smallest absolute Gasteiger partial charge is 0.138 e. The summed E-state index contributed by atoms with van der Waals surface area (Å²) >= 11 is 6.16. The molecule has 1 aliphatic rings. The van der Waals surface area contributed by atoms with Crippen LogP contribution in [0.3, 0.4) is 0 Å². The fourth-order valence-corrected chi connectivity index (χ4v) is 2.43. The van der Waals surface area contributed by atoms with Crippen molar-refractivity contribution in [3.8, 4) is 5.75 Å². The highest BCUT2D eigenvalue weighted by molar-refractivity contribution is 6.32. The Morgan fingerprint density at radius 1 is 1.56 bits per heavy atom. The largest absolute Gasteiger partial charge is 0.492 e. The summed E-state index contributed by atoms with van der Waals surface area (Å²) in [6, 6.07) is 6.22. The van der Waals surface area contributed by atoms with Gasteiger partial charge >= 0.3 is 0 Å². The van der Waals surface area contributed by atoms with Gasteiger partial charge in [-0.25, -0.2) is 0 Å². The summed E-state index contributed by atoms with van der Waals surface area (Å²) in [5.41, 5.74) is 1.03. The zero-order valence-electron chi connectivity index (χ0n) is 10.9. The van der Waals surface area contributed by atoms with Crippen molar-refractivity contribution in [3.05, 3.63) is 23.2 Å². The first-order chi connectivity index (χ1) is 8.70. The number of rotatable bonds is 5. The Bertz CT molecular complexity index is 391. The highest BCUT2D eigenvalue weighted by atomic mass is 35.5. The zero-order valence-corrected chi connectivity index (χ0v) is 11.7. The minimum atomic E-state index is 0.390. The van der Waals surface area contributed by atoms with Crippen LogP contribution in [0.4, 0.5) is 5.69 Å². The number of ether oxygens (including phenoxy) is 2. The third-order valence-corrected chi connectivity index (χ3v) is 3.59. The summed E-state index contributed by atoms with van der Waals surface area (Å²) in [6.45, 7) is 6.48. The molecular formula is C14H20ClNO2. The summed E-state index contributed by atoms with van der Waals surface area (Å²) in [6.07, 6.45) is 1.12. The Labute approximate surface area is 113 Å². The SMILES string of the molecule is CCOc1ccc(NC(C)C2CCOC2)cc1Cl. The molecule has 4 heteroatoms. The average molecular weight is 270 g/mol. The maximum atomic E-state index is 6.16. The van der Waals surface area contributed by atoms with Crippen LogP contribution in [0, 0.1) is 5.92 Å². The standard InChI is InChI=1S/C14H20ClNO2/c1-3-18-14-5-4-12(8-13(14)15)16-10(2)11-6-7-17-9-11/h4-5,8,10-11,16H,3,6-7,9H2,1-2H3. The lowest BCUT2D eigenvalue weighted by atomic mass is 10.0. The van der Waals surface area contributed by atoms with Gasteiger partial charge in [-0.1, -0.05) is 11.6 Å². The van der Waals surface area contributed by atoms with E-state index in [9.17, 15) is 0 Å². The quantitative estimate of drug-likeness (QED) is 0.886. The van der Waals surface area contributed by atoms with E-state index in [-0.39, 0.29) is 0 Å². The molecule has 0 aliphatic carbocycles. The molecule has 3 nitrogen and oxygen atoms in total. The van der Waals surface area contributed by atoms with Gasteiger partial charge in [-0.2, -0.15) is 0 Å². The van der Waals surface area contributed by atoms with Gasteiger partial charge in [-0.05, 0) is 38.5 Å². The molecule has 0 radical (unpaired) electrons. The van der Waals surface area contributed by atoms with E-state index in [1.54, 1.807) is 0 Å². The molecular weight excluding hydrogens is 250 g/mol. The topological polar surface area (TPSA) is 30.5 Å². The second kappa shape index (κ2) is 6.30. The van der Waals surface area contributed by atoms with E-state index in [1.165, 1.54) is 0 Å². The summed E-state index contributed by atoms with van der Waals surface area (Å²) in [4.78, 5) is 0. The molecule has 2 unspecified atom stereocenters. The van der Waals surface area contributed by atoms with E-state index >= 15 is 0 Å². The Kier molecular flexibility index (Phi) is 4.72. The Hall–Kier alpha value is -0.930. The fourth-order valence-electron chi connectivity index (χ4n) is 2.19. The molecule has 0 spiro atoms. The molecule has 100 valence electrons. The van der Waals surface area contributed by atoms with Gasteiger partial charge in [0.1, 0.15) is 5.75 Å². The molecule has 1 aromatic rings. The number of halogens is 1. The van der Waals surface area contributed by atoms with Crippen molar-refractivity contribution in [2.45, 2.75) is 26.3 Å². The summed E-state index contributed by atoms with van der Waals surface area (Å²) in [5.74, 6) is 1.32. The number of anilines is 1. The van der Waals surface area contributed by atoms with Gasteiger partial charge < -0.3 is 14.8 Å². The molecule has 1 saturated heterocycles. The normalized spacial score (nSPS) is 20.7. The molecule has 0 aromatic heterocycles. The van der Waals surface area contributed by atoms with Crippen molar-refractivity contribution in [2.24, 2.45) is 5.92 Å². The zero-order chi connectivity index (χ0) is 13.0. The summed E-state index contributed by atoms with van der Waals surface area (Å²) < 4.78 is 10.8. The molecule has 1 aromatic carbocycles. The molecule has 0 saturated carbocycles. The van der Waals surface area contributed by atoms with Crippen molar-refractivity contribution < 1.29 is 9.47 Å². The maximum absolute atomic E-state index is 6.16. The van der Waals surface area contributed by atoms with E-state index in [4.69, 9.17) is 21.1 Å². The van der Waals surface area contributed by atoms with Gasteiger partial charge in [0.25, 0.3) is 0 Å². The van der Waals surface area contributed by atoms with E-state index in [2.05, 4.69) is 12.2 Å². The predicted molar refractivity (Wildman–Crippen MR) is 74.6 cm³/mol. The van der Waals surface area contributed by atoms with E-state index in [1.807, 2.05) is 25.1 Å². The van der Waals surface area contributed by atoms with Crippen molar-refractivity contribution >= 4 is 17.3 Å². The van der Waals surface area contributed by atoms with Gasteiger partial charge in [0.2, 0.25) is 0 Å². The molecule has 2 rings (SSSR count). The van der Waals surface area contributed by atoms with Crippen molar-refractivity contribution in [2.75, 3.05) is 25.1 Å². The van der Waals surface area contributed by atoms with Crippen LogP contribution < -0.4 is 10.1 Å². The lowest BCUT2D eigenvalue weighted by molar-refractivity contribution is 0.183. The third-order valence-electron chi connectivity index (χ3n) is 3.30. The van der Waals surface area contributed by atoms with Crippen LogP contribution in [0.25, 0.3) is 0 Å². The van der Waals surface area contributed by atoms with Gasteiger partial charge in [-0.15, -0.1) is 0 Å². The van der Waals surface area contributed by atoms with E-state index < -0.39 is 0 Å². The van der Waals surface area contributed by atoms with Crippen LogP contribution in [0.5, 0.6) is 5.75 Å². The van der Waals surface area contributed by atoms with Crippen molar-refractivity contribution in [3.63, 3.8) is 0 Å². The average Bonchev–Trinajstić information content (AvgIpc) is 2.86. The molecule has 1 aliphatic heterocycles. The highest BCUT2D eigenvalue weighted by Crippen LogP contribution is 2.29. The first-order valence-corrected chi connectivity index (χ1v) is 6.85. The maximum Gasteiger partial charge on any atom is 0.138 e. The molecule has 2 atom stereocenters. The molecule has 0 bridgehead atoms. The second-order valence-corrected chi connectivity index (χ2v) is 5.04. The van der Waals surface area contributed by atoms with Gasteiger partial charge in [0.15, 0.2) is 0 Å². The molecule has 18 heavy (non-hydrogen) atoms. The molecule has 1 fully saturated rings. The molecule has 1 heterocycles. The van der Waals surface area contributed by atoms with Crippen LogP contribution in [0.2, 0.25) is 5.02 Å². The van der Waals surface area contributed by atoms with Crippen LogP contribution in [0.15, 0.2) is 18.2 Å². The second-order valence-electron chi connectivity index (χ2n) is 4.63. The lowest BCUT2D eigenvalue weighted by Gasteiger charge is -2.21. The fraction of sp³-hybridized carbons (Fsp3) is 0.571. The van der Waals surface area contributed by atoms with Gasteiger partial charge in [-0.3, -0.25) is 0 Å². The Morgan fingerprint density at radius 3 is 3.00 bits per heavy atom. The Morgan fingerprint density at radius 2 is 2.39 bits per heavy atom. The number of hydrogen-bond acceptors (Lipinski definition) is 3. The Balaban J connectivity index is 1.98. The minimum absolute atomic E-state index is 0.390. The van der Waals surface area contributed by atoms with Crippen LogP contribution in [-0.4, -0.2) is 25.9 Å². The monoisotopic (exact) mass is 269 g/mol. The first kappa shape index (κ1) is 13.5. The summed E-state index contributed by atoms with van der Waals surface area (Å²) in [7, 11) is 0. The van der Waals surface area contributed by atoms with Gasteiger partial charge in [0, 0.05) is 24.3 Å². The van der Waals surface area contributed by atoms with Crippen molar-refractivity contribution in [1.82, 2.24) is 0 Å². The number of hydrogen-bond donors (Lipinski definition) is 1. The molecule has 1 N–H and O–H groups in total. The van der Waals surface area contributed by atoms with Gasteiger partial charge in [0.05, 0.1) is 18.2 Å². The van der Waals surface area contributed by atoms with Crippen LogP contribution in [-0.2, 0) is 4.74 Å². The highest BCUT2D eigenvalue weighted by Gasteiger charge is 2.22. The van der Waals surface area contributed by atoms with Crippen LogP contribution in [0.1, 0.15) is 20.3 Å². The van der Waals surface area contributed by atoms with E-state index in [0.717, 1.165) is 31.1 Å². The van der Waals surface area contributed by atoms with E-state index in [0.29, 0.717) is 23.6 Å². The van der Waals surface area contributed by atoms with Crippen molar-refractivity contribution in [1.29, 1.82) is 0 Å². The third kappa shape index (κ3) is 3.30. The lowest BCUT2D eigenvalue weighted by Crippen LogP contribution is -2.26. The number of benzene rings is 1. The van der Waals surface area contributed by atoms with Crippen LogP contribution >= 0.6 is 11.6 Å². The molecule has 0 amide bonds. The minimum Gasteiger partial charge on any atom is -0.492 e. The summed E-state index contributed by atoms with van der Waals surface area (Å²) in [5, 5.41) is 4.12. The first-order valence-electron chi connectivity index (χ1n) is 6.47.